The number of ketones is 1. The number of aliphatic carboxylic acids is 1. The van der Waals surface area contributed by atoms with Crippen molar-refractivity contribution in [1.29, 1.82) is 0 Å². The average Bonchev–Trinajstić information content (AvgIpc) is 3.02. The van der Waals surface area contributed by atoms with E-state index < -0.39 is 45.8 Å². The Morgan fingerprint density at radius 3 is 2.39 bits per heavy atom. The SMILES string of the molecule is C/C(C[C@@H](O)[C@](C)(O)[C@]1(O)CC[C@@]2(O)[C@@H]3CC=C4C[C@@H](O)CC(=O)[C@]4(C)[C@H]3CC[C@]12C)=C(\C)C(=O)O. The Kier molecular flexibility index (Phi) is 6.46. The molecule has 0 aliphatic heterocycles. The molecule has 36 heavy (non-hydrogen) atoms. The second-order valence-corrected chi connectivity index (χ2v) is 12.6. The largest absolute Gasteiger partial charge is 0.478 e. The van der Waals surface area contributed by atoms with Crippen LogP contribution in [-0.2, 0) is 9.59 Å². The van der Waals surface area contributed by atoms with Crippen LogP contribution in [0, 0.1) is 22.7 Å². The van der Waals surface area contributed by atoms with Crippen LogP contribution in [0.25, 0.3) is 0 Å². The van der Waals surface area contributed by atoms with Gasteiger partial charge in [0.25, 0.3) is 0 Å². The van der Waals surface area contributed by atoms with Gasteiger partial charge in [-0.1, -0.05) is 24.1 Å². The highest BCUT2D eigenvalue weighted by Crippen LogP contribution is 2.70. The Morgan fingerprint density at radius 1 is 1.14 bits per heavy atom. The number of Topliss-reactive ketones (excluding diaryl/α,β-unsaturated/α-hetero) is 1. The summed E-state index contributed by atoms with van der Waals surface area (Å²) in [6.07, 6.45) is 1.98. The quantitative estimate of drug-likeness (QED) is 0.245. The fourth-order valence-corrected chi connectivity index (χ4v) is 8.39. The molecule has 0 heterocycles. The molecule has 6 N–H and O–H groups in total. The minimum Gasteiger partial charge on any atom is -0.478 e. The highest BCUT2D eigenvalue weighted by molar-refractivity contribution is 5.90. The van der Waals surface area contributed by atoms with Crippen LogP contribution in [0.3, 0.4) is 0 Å². The second-order valence-electron chi connectivity index (χ2n) is 12.6. The summed E-state index contributed by atoms with van der Waals surface area (Å²) < 4.78 is 0. The molecule has 0 aromatic rings. The van der Waals surface area contributed by atoms with Crippen molar-refractivity contribution in [3.05, 3.63) is 22.8 Å². The summed E-state index contributed by atoms with van der Waals surface area (Å²) in [5, 5.41) is 66.6. The van der Waals surface area contributed by atoms with Crippen molar-refractivity contribution in [1.82, 2.24) is 0 Å². The Balaban J connectivity index is 1.70. The first-order valence-corrected chi connectivity index (χ1v) is 13.1. The maximum atomic E-state index is 13.2. The smallest absolute Gasteiger partial charge is 0.331 e. The number of carboxylic acids is 1. The van der Waals surface area contributed by atoms with Gasteiger partial charge >= 0.3 is 5.97 Å². The molecule has 0 saturated heterocycles. The van der Waals surface area contributed by atoms with Crippen LogP contribution in [0.15, 0.2) is 22.8 Å². The predicted molar refractivity (Wildman–Crippen MR) is 132 cm³/mol. The number of allylic oxidation sites excluding steroid dienone is 1. The lowest BCUT2D eigenvalue weighted by Crippen LogP contribution is -2.71. The molecule has 0 bridgehead atoms. The first kappa shape index (κ1) is 27.5. The summed E-state index contributed by atoms with van der Waals surface area (Å²) in [6, 6.07) is 0. The standard InChI is InChI=1S/C28H42O8/c1-15(16(2)23(32)33)12-22(31)26(5,34)28(36)11-10-27(35)20-7-6-17-13-18(29)14-21(30)25(17,4)19(20)8-9-24(27,28)3/h6,18-20,22,29,31,34-36H,7-14H2,1-5H3,(H,32,33)/b16-15-/t18-,19+,20-,22-,24+,25+,26+,27-,28+/m1/s1. The molecular formula is C28H42O8. The van der Waals surface area contributed by atoms with Gasteiger partial charge in [-0.3, -0.25) is 4.79 Å². The van der Waals surface area contributed by atoms with Crippen molar-refractivity contribution in [3.63, 3.8) is 0 Å². The zero-order chi connectivity index (χ0) is 27.1. The van der Waals surface area contributed by atoms with E-state index in [2.05, 4.69) is 0 Å². The van der Waals surface area contributed by atoms with Crippen LogP contribution in [0.2, 0.25) is 0 Å². The van der Waals surface area contributed by atoms with Gasteiger partial charge in [0.05, 0.1) is 23.2 Å². The molecule has 8 heteroatoms. The summed E-state index contributed by atoms with van der Waals surface area (Å²) >= 11 is 0. The summed E-state index contributed by atoms with van der Waals surface area (Å²) in [5.41, 5.74) is -5.76. The van der Waals surface area contributed by atoms with Crippen molar-refractivity contribution < 1.29 is 40.2 Å². The monoisotopic (exact) mass is 506 g/mol. The fraction of sp³-hybridized carbons (Fsp3) is 0.786. The first-order chi connectivity index (χ1) is 16.5. The molecule has 4 rings (SSSR count). The molecule has 202 valence electrons. The van der Waals surface area contributed by atoms with E-state index in [1.165, 1.54) is 13.8 Å². The third-order valence-electron chi connectivity index (χ3n) is 11.2. The Labute approximate surface area is 212 Å². The second kappa shape index (κ2) is 8.46. The van der Waals surface area contributed by atoms with E-state index >= 15 is 0 Å². The number of rotatable bonds is 5. The summed E-state index contributed by atoms with van der Waals surface area (Å²) in [7, 11) is 0. The molecule has 0 aromatic carbocycles. The molecule has 0 amide bonds. The van der Waals surface area contributed by atoms with Gasteiger partial charge in [-0.15, -0.1) is 0 Å². The van der Waals surface area contributed by atoms with Crippen molar-refractivity contribution in [2.45, 2.75) is 115 Å². The van der Waals surface area contributed by atoms with Crippen molar-refractivity contribution in [2.24, 2.45) is 22.7 Å². The van der Waals surface area contributed by atoms with Crippen molar-refractivity contribution in [3.8, 4) is 0 Å². The minimum absolute atomic E-state index is 0.0128. The molecule has 0 unspecified atom stereocenters. The van der Waals surface area contributed by atoms with E-state index in [1.54, 1.807) is 13.8 Å². The number of hydrogen-bond donors (Lipinski definition) is 6. The number of carboxylic acid groups (broad SMARTS) is 1. The maximum Gasteiger partial charge on any atom is 0.331 e. The van der Waals surface area contributed by atoms with Crippen molar-refractivity contribution in [2.75, 3.05) is 0 Å². The van der Waals surface area contributed by atoms with Crippen LogP contribution >= 0.6 is 0 Å². The Bertz CT molecular complexity index is 1030. The number of fused-ring (bicyclic) bond motifs is 5. The van der Waals surface area contributed by atoms with Gasteiger partial charge in [0.2, 0.25) is 0 Å². The van der Waals surface area contributed by atoms with Gasteiger partial charge in [0.15, 0.2) is 0 Å². The van der Waals surface area contributed by atoms with Crippen LogP contribution in [-0.4, -0.2) is 71.4 Å². The highest BCUT2D eigenvalue weighted by Gasteiger charge is 2.76. The number of hydrogen-bond acceptors (Lipinski definition) is 7. The normalized spacial score (nSPS) is 45.4. The topological polar surface area (TPSA) is 156 Å². The van der Waals surface area contributed by atoms with Crippen LogP contribution in [0.1, 0.15) is 86.0 Å². The molecule has 0 spiro atoms. The lowest BCUT2D eigenvalue weighted by Gasteiger charge is -2.63. The zero-order valence-electron chi connectivity index (χ0n) is 22.0. The van der Waals surface area contributed by atoms with E-state index in [0.29, 0.717) is 31.3 Å². The molecule has 0 radical (unpaired) electrons. The molecule has 3 fully saturated rings. The first-order valence-electron chi connectivity index (χ1n) is 13.1. The lowest BCUT2D eigenvalue weighted by atomic mass is 9.44. The summed E-state index contributed by atoms with van der Waals surface area (Å²) in [6.45, 7) is 8.08. The maximum absolute atomic E-state index is 13.2. The Morgan fingerprint density at radius 2 is 1.78 bits per heavy atom. The van der Waals surface area contributed by atoms with E-state index in [4.69, 9.17) is 0 Å². The molecule has 4 aliphatic rings. The van der Waals surface area contributed by atoms with Gasteiger partial charge in [-0.2, -0.15) is 0 Å². The molecule has 0 aromatic heterocycles. The summed E-state index contributed by atoms with van der Waals surface area (Å²) in [5.74, 6) is -1.58. The molecule has 9 atom stereocenters. The van der Waals surface area contributed by atoms with Gasteiger partial charge in [-0.05, 0) is 84.5 Å². The third-order valence-corrected chi connectivity index (χ3v) is 11.2. The van der Waals surface area contributed by atoms with Crippen LogP contribution < -0.4 is 0 Å². The molecule has 8 nitrogen and oxygen atoms in total. The van der Waals surface area contributed by atoms with Gasteiger partial charge in [0.1, 0.15) is 17.0 Å². The van der Waals surface area contributed by atoms with Gasteiger partial charge in [-0.25, -0.2) is 4.79 Å². The van der Waals surface area contributed by atoms with Gasteiger partial charge in [0, 0.05) is 17.4 Å². The molecule has 3 saturated carbocycles. The van der Waals surface area contributed by atoms with E-state index in [1.807, 2.05) is 13.0 Å². The van der Waals surface area contributed by atoms with Crippen LogP contribution in [0.5, 0.6) is 0 Å². The number of carbonyl (C=O) groups is 2. The van der Waals surface area contributed by atoms with E-state index in [-0.39, 0.29) is 48.9 Å². The molecular weight excluding hydrogens is 464 g/mol. The minimum atomic E-state index is -2.02. The molecule has 4 aliphatic carbocycles. The fourth-order valence-electron chi connectivity index (χ4n) is 8.39. The highest BCUT2D eigenvalue weighted by atomic mass is 16.4. The third kappa shape index (κ3) is 3.37. The van der Waals surface area contributed by atoms with E-state index in [0.717, 1.165) is 5.57 Å². The number of carbonyl (C=O) groups excluding carboxylic acids is 1. The van der Waals surface area contributed by atoms with Crippen molar-refractivity contribution >= 4 is 11.8 Å². The zero-order valence-corrected chi connectivity index (χ0v) is 22.0. The predicted octanol–water partition coefficient (Wildman–Crippen LogP) is 2.26. The summed E-state index contributed by atoms with van der Waals surface area (Å²) in [4.78, 5) is 24.6. The lowest BCUT2D eigenvalue weighted by molar-refractivity contribution is -0.277. The number of aliphatic hydroxyl groups is 5. The van der Waals surface area contributed by atoms with Gasteiger partial charge < -0.3 is 30.6 Å². The Hall–Kier alpha value is -1.58. The number of aliphatic hydroxyl groups excluding tert-OH is 2. The van der Waals surface area contributed by atoms with Crippen LogP contribution in [0.4, 0.5) is 0 Å². The van der Waals surface area contributed by atoms with E-state index in [9.17, 15) is 40.2 Å². The average molecular weight is 507 g/mol.